The number of hydrogen-bond donors (Lipinski definition) is 3. The third-order valence-corrected chi connectivity index (χ3v) is 6.65. The van der Waals surface area contributed by atoms with Gasteiger partial charge < -0.3 is 25.0 Å². The molecule has 1 aliphatic carbocycles. The first-order chi connectivity index (χ1) is 16.0. The lowest BCUT2D eigenvalue weighted by molar-refractivity contribution is -0.130. The van der Waals surface area contributed by atoms with Crippen molar-refractivity contribution in [2.45, 2.75) is 62.8 Å². The molecule has 5 rings (SSSR count). The van der Waals surface area contributed by atoms with Crippen molar-refractivity contribution in [3.8, 4) is 0 Å². The second kappa shape index (κ2) is 9.01. The summed E-state index contributed by atoms with van der Waals surface area (Å²) in [4.78, 5) is 31.0. The van der Waals surface area contributed by atoms with Gasteiger partial charge in [0.25, 0.3) is 0 Å². The van der Waals surface area contributed by atoms with Gasteiger partial charge in [-0.2, -0.15) is 5.10 Å². The van der Waals surface area contributed by atoms with Gasteiger partial charge >= 0.3 is 6.09 Å². The summed E-state index contributed by atoms with van der Waals surface area (Å²) in [5, 5.41) is 13.2. The van der Waals surface area contributed by atoms with E-state index in [0.29, 0.717) is 18.8 Å². The van der Waals surface area contributed by atoms with Crippen LogP contribution >= 0.6 is 0 Å². The van der Waals surface area contributed by atoms with Gasteiger partial charge in [0.05, 0.1) is 24.9 Å². The van der Waals surface area contributed by atoms with Crippen LogP contribution in [0.25, 0.3) is 0 Å². The summed E-state index contributed by atoms with van der Waals surface area (Å²) in [6, 6.07) is 5.84. The topological polar surface area (TPSA) is 121 Å². The van der Waals surface area contributed by atoms with Crippen LogP contribution in [0.5, 0.6) is 0 Å². The average Bonchev–Trinajstić information content (AvgIpc) is 3.27. The van der Waals surface area contributed by atoms with Gasteiger partial charge in [0.2, 0.25) is 5.91 Å². The Kier molecular flexibility index (Phi) is 5.92. The SMILES string of the molecule is CC1(NC(=O)O[C@H]2CO[C@@H](c3cc(NCC(=O)N4CCC[C@H]4c4cccnc4)n[nH]3)C2)CC1. The standard InChI is InChI=1S/C23H30N6O4/c1-23(6-7-23)26-22(31)33-16-10-19(32-14-16)17-11-20(28-27-17)25-13-21(30)29-9-3-5-18(29)15-4-2-8-24-12-15/h2,4,8,11-12,16,18-19H,3,5-7,9-10,13-14H2,1H3,(H,26,31)(H2,25,27,28)/t16-,18+,19-/m1/s1. The van der Waals surface area contributed by atoms with Crippen molar-refractivity contribution in [3.63, 3.8) is 0 Å². The molecule has 2 aromatic rings. The molecule has 0 spiro atoms. The number of carbonyl (C=O) groups is 2. The van der Waals surface area contributed by atoms with Crippen LogP contribution in [-0.2, 0) is 14.3 Å². The van der Waals surface area contributed by atoms with Gasteiger partial charge in [0.15, 0.2) is 0 Å². The monoisotopic (exact) mass is 454 g/mol. The van der Waals surface area contributed by atoms with Crippen molar-refractivity contribution in [3.05, 3.63) is 41.9 Å². The third-order valence-electron chi connectivity index (χ3n) is 6.65. The lowest BCUT2D eigenvalue weighted by Gasteiger charge is -2.25. The number of carbonyl (C=O) groups excluding carboxylic acids is 2. The molecule has 2 aliphatic heterocycles. The minimum atomic E-state index is -0.388. The number of aromatic amines is 1. The van der Waals surface area contributed by atoms with E-state index in [1.807, 2.05) is 36.2 Å². The van der Waals surface area contributed by atoms with Crippen LogP contribution in [0.4, 0.5) is 10.6 Å². The molecule has 1 saturated carbocycles. The fraction of sp³-hybridized carbons (Fsp3) is 0.565. The van der Waals surface area contributed by atoms with Crippen molar-refractivity contribution >= 4 is 17.8 Å². The molecule has 0 radical (unpaired) electrons. The largest absolute Gasteiger partial charge is 0.444 e. The average molecular weight is 455 g/mol. The lowest BCUT2D eigenvalue weighted by atomic mass is 10.1. The minimum Gasteiger partial charge on any atom is -0.444 e. The van der Waals surface area contributed by atoms with E-state index in [9.17, 15) is 9.59 Å². The van der Waals surface area contributed by atoms with Gasteiger partial charge in [0.1, 0.15) is 18.0 Å². The van der Waals surface area contributed by atoms with E-state index in [0.717, 1.165) is 43.5 Å². The number of nitrogens with zero attached hydrogens (tertiary/aromatic N) is 3. The van der Waals surface area contributed by atoms with E-state index in [-0.39, 0.29) is 42.3 Å². The van der Waals surface area contributed by atoms with Gasteiger partial charge in [-0.3, -0.25) is 14.9 Å². The highest BCUT2D eigenvalue weighted by Crippen LogP contribution is 2.35. The lowest BCUT2D eigenvalue weighted by Crippen LogP contribution is -2.37. The zero-order chi connectivity index (χ0) is 22.8. The first kappa shape index (κ1) is 21.7. The molecule has 10 heteroatoms. The van der Waals surface area contributed by atoms with Crippen LogP contribution in [0.15, 0.2) is 30.6 Å². The van der Waals surface area contributed by atoms with E-state index < -0.39 is 0 Å². The number of pyridine rings is 1. The Balaban J connectivity index is 1.10. The van der Waals surface area contributed by atoms with Crippen molar-refractivity contribution in [2.75, 3.05) is 25.0 Å². The molecular weight excluding hydrogens is 424 g/mol. The van der Waals surface area contributed by atoms with E-state index in [4.69, 9.17) is 9.47 Å². The van der Waals surface area contributed by atoms with Gasteiger partial charge in [-0.1, -0.05) is 6.07 Å². The Hall–Kier alpha value is -3.14. The molecule has 2 amide bonds. The first-order valence-corrected chi connectivity index (χ1v) is 11.6. The second-order valence-electron chi connectivity index (χ2n) is 9.36. The molecule has 3 N–H and O–H groups in total. The third kappa shape index (κ3) is 5.11. The van der Waals surface area contributed by atoms with Crippen LogP contribution in [-0.4, -0.2) is 63.4 Å². The number of rotatable bonds is 7. The minimum absolute atomic E-state index is 0.0341. The highest BCUT2D eigenvalue weighted by atomic mass is 16.6. The van der Waals surface area contributed by atoms with E-state index in [2.05, 4.69) is 25.8 Å². The molecular formula is C23H30N6O4. The highest BCUT2D eigenvalue weighted by Gasteiger charge is 2.40. The second-order valence-corrected chi connectivity index (χ2v) is 9.36. The summed E-state index contributed by atoms with van der Waals surface area (Å²) in [5.41, 5.74) is 1.75. The maximum absolute atomic E-state index is 12.8. The Morgan fingerprint density at radius 3 is 3.06 bits per heavy atom. The molecule has 0 unspecified atom stereocenters. The van der Waals surface area contributed by atoms with Crippen LogP contribution in [0.3, 0.4) is 0 Å². The molecule has 2 saturated heterocycles. The predicted molar refractivity (Wildman–Crippen MR) is 119 cm³/mol. The number of ether oxygens (including phenoxy) is 2. The number of aromatic nitrogens is 3. The fourth-order valence-electron chi connectivity index (χ4n) is 4.48. The summed E-state index contributed by atoms with van der Waals surface area (Å²) in [7, 11) is 0. The maximum Gasteiger partial charge on any atom is 0.407 e. The number of nitrogens with one attached hydrogen (secondary N) is 3. The normalized spacial score (nSPS) is 25.6. The summed E-state index contributed by atoms with van der Waals surface area (Å²) < 4.78 is 11.3. The first-order valence-electron chi connectivity index (χ1n) is 11.6. The maximum atomic E-state index is 12.8. The molecule has 3 aliphatic rings. The Bertz CT molecular complexity index is 992. The van der Waals surface area contributed by atoms with E-state index in [1.165, 1.54) is 0 Å². The van der Waals surface area contributed by atoms with E-state index >= 15 is 0 Å². The quantitative estimate of drug-likeness (QED) is 0.588. The molecule has 0 bridgehead atoms. The number of H-pyrrole nitrogens is 1. The zero-order valence-electron chi connectivity index (χ0n) is 18.8. The van der Waals surface area contributed by atoms with Gasteiger partial charge in [-0.05, 0) is 44.2 Å². The van der Waals surface area contributed by atoms with Crippen molar-refractivity contribution in [1.82, 2.24) is 25.4 Å². The van der Waals surface area contributed by atoms with Crippen molar-refractivity contribution < 1.29 is 19.1 Å². The molecule has 33 heavy (non-hydrogen) atoms. The smallest absolute Gasteiger partial charge is 0.407 e. The summed E-state index contributed by atoms with van der Waals surface area (Å²) in [6.07, 6.45) is 7.13. The number of hydrogen-bond acceptors (Lipinski definition) is 7. The van der Waals surface area contributed by atoms with Gasteiger partial charge in [0, 0.05) is 37.0 Å². The summed E-state index contributed by atoms with van der Waals surface area (Å²) in [5.74, 6) is 0.620. The molecule has 176 valence electrons. The Morgan fingerprint density at radius 1 is 1.39 bits per heavy atom. The molecule has 3 fully saturated rings. The highest BCUT2D eigenvalue weighted by molar-refractivity contribution is 5.81. The molecule has 3 atom stereocenters. The van der Waals surface area contributed by atoms with Crippen LogP contribution < -0.4 is 10.6 Å². The van der Waals surface area contributed by atoms with Crippen LogP contribution in [0.1, 0.15) is 62.4 Å². The number of anilines is 1. The summed E-state index contributed by atoms with van der Waals surface area (Å²) in [6.45, 7) is 3.27. The molecule has 4 heterocycles. The van der Waals surface area contributed by atoms with Crippen molar-refractivity contribution in [2.24, 2.45) is 0 Å². The zero-order valence-corrected chi connectivity index (χ0v) is 18.8. The van der Waals surface area contributed by atoms with Gasteiger partial charge in [-0.15, -0.1) is 0 Å². The van der Waals surface area contributed by atoms with E-state index in [1.54, 1.807) is 6.20 Å². The number of amides is 2. The fourth-order valence-corrected chi connectivity index (χ4v) is 4.48. The number of likely N-dealkylation sites (tertiary alicyclic amines) is 1. The number of alkyl carbamates (subject to hydrolysis) is 1. The molecule has 0 aromatic carbocycles. The van der Waals surface area contributed by atoms with Crippen LogP contribution in [0, 0.1) is 0 Å². The van der Waals surface area contributed by atoms with Crippen molar-refractivity contribution in [1.29, 1.82) is 0 Å². The predicted octanol–water partition coefficient (Wildman–Crippen LogP) is 2.69. The van der Waals surface area contributed by atoms with Crippen LogP contribution in [0.2, 0.25) is 0 Å². The molecule has 2 aromatic heterocycles. The Labute approximate surface area is 192 Å². The molecule has 10 nitrogen and oxygen atoms in total. The Morgan fingerprint density at radius 2 is 2.27 bits per heavy atom. The summed E-state index contributed by atoms with van der Waals surface area (Å²) >= 11 is 0. The van der Waals surface area contributed by atoms with Gasteiger partial charge in [-0.25, -0.2) is 4.79 Å².